The van der Waals surface area contributed by atoms with Gasteiger partial charge in [0.2, 0.25) is 5.88 Å². The van der Waals surface area contributed by atoms with Crippen LogP contribution in [0.25, 0.3) is 0 Å². The fourth-order valence-corrected chi connectivity index (χ4v) is 3.64. The molecule has 1 saturated carbocycles. The number of nitrogens with one attached hydrogen (secondary N) is 2. The fraction of sp³-hybridized carbons (Fsp3) is 0.714. The summed E-state index contributed by atoms with van der Waals surface area (Å²) in [4.78, 5) is 11.5. The lowest BCUT2D eigenvalue weighted by molar-refractivity contribution is 0.0376. The summed E-state index contributed by atoms with van der Waals surface area (Å²) in [5.41, 5.74) is 1.12. The van der Waals surface area contributed by atoms with Crippen molar-refractivity contribution >= 4 is 5.96 Å². The molecule has 0 unspecified atom stereocenters. The van der Waals surface area contributed by atoms with E-state index >= 15 is 0 Å². The van der Waals surface area contributed by atoms with Gasteiger partial charge in [-0.1, -0.05) is 0 Å². The minimum atomic E-state index is 0.330. The fourth-order valence-electron chi connectivity index (χ4n) is 3.64. The number of aromatic nitrogens is 1. The number of aliphatic imine (C=N–C) groups is 1. The van der Waals surface area contributed by atoms with Crippen LogP contribution in [-0.2, 0) is 11.3 Å². The van der Waals surface area contributed by atoms with Gasteiger partial charge in [0.15, 0.2) is 5.96 Å². The van der Waals surface area contributed by atoms with Crippen molar-refractivity contribution in [3.63, 3.8) is 0 Å². The van der Waals surface area contributed by atoms with E-state index in [1.165, 1.54) is 12.8 Å². The van der Waals surface area contributed by atoms with Gasteiger partial charge in [-0.3, -0.25) is 4.90 Å². The minimum Gasteiger partial charge on any atom is -0.474 e. The van der Waals surface area contributed by atoms with E-state index in [4.69, 9.17) is 14.5 Å². The van der Waals surface area contributed by atoms with Crippen LogP contribution in [-0.4, -0.2) is 67.9 Å². The van der Waals surface area contributed by atoms with E-state index in [1.54, 1.807) is 0 Å². The van der Waals surface area contributed by atoms with Gasteiger partial charge in [-0.2, -0.15) is 0 Å². The van der Waals surface area contributed by atoms with Gasteiger partial charge in [0, 0.05) is 38.4 Å². The molecule has 2 heterocycles. The van der Waals surface area contributed by atoms with Crippen LogP contribution in [0.5, 0.6) is 5.88 Å². The van der Waals surface area contributed by atoms with Crippen LogP contribution in [0, 0.1) is 0 Å². The van der Waals surface area contributed by atoms with Gasteiger partial charge in [0.05, 0.1) is 19.8 Å². The zero-order valence-corrected chi connectivity index (χ0v) is 17.2. The first kappa shape index (κ1) is 20.9. The SMILES string of the molecule is CCNC(=NCc1ccnc(OC2CCCC2)c1)NCCCN1CCOCC1. The van der Waals surface area contributed by atoms with Gasteiger partial charge in [0.1, 0.15) is 6.10 Å². The summed E-state index contributed by atoms with van der Waals surface area (Å²) in [5, 5.41) is 6.76. The van der Waals surface area contributed by atoms with E-state index < -0.39 is 0 Å². The number of guanidine groups is 1. The van der Waals surface area contributed by atoms with Crippen molar-refractivity contribution in [1.29, 1.82) is 0 Å². The van der Waals surface area contributed by atoms with E-state index in [0.29, 0.717) is 12.6 Å². The maximum absolute atomic E-state index is 6.00. The number of rotatable bonds is 9. The van der Waals surface area contributed by atoms with E-state index in [1.807, 2.05) is 18.3 Å². The Morgan fingerprint density at radius 2 is 2.11 bits per heavy atom. The molecule has 0 amide bonds. The second-order valence-corrected chi connectivity index (χ2v) is 7.46. The first-order valence-corrected chi connectivity index (χ1v) is 10.8. The van der Waals surface area contributed by atoms with Crippen molar-refractivity contribution in [2.45, 2.75) is 51.7 Å². The smallest absolute Gasteiger partial charge is 0.213 e. The zero-order valence-electron chi connectivity index (χ0n) is 17.2. The van der Waals surface area contributed by atoms with Gasteiger partial charge >= 0.3 is 0 Å². The lowest BCUT2D eigenvalue weighted by Crippen LogP contribution is -2.40. The summed E-state index contributed by atoms with van der Waals surface area (Å²) in [6.07, 6.45) is 8.05. The molecule has 7 heteroatoms. The Bertz CT molecular complexity index is 598. The molecule has 28 heavy (non-hydrogen) atoms. The molecule has 2 fully saturated rings. The van der Waals surface area contributed by atoms with Gasteiger partial charge in [-0.05, 0) is 57.2 Å². The Morgan fingerprint density at radius 3 is 2.89 bits per heavy atom. The second-order valence-electron chi connectivity index (χ2n) is 7.46. The third-order valence-electron chi connectivity index (χ3n) is 5.20. The van der Waals surface area contributed by atoms with Crippen molar-refractivity contribution < 1.29 is 9.47 Å². The standard InChI is InChI=1S/C21H35N5O2/c1-2-22-21(24-9-5-11-26-12-14-27-15-13-26)25-17-18-8-10-23-20(16-18)28-19-6-3-4-7-19/h8,10,16,19H,2-7,9,11-15,17H2,1H3,(H2,22,24,25). The summed E-state index contributed by atoms with van der Waals surface area (Å²) in [5.74, 6) is 1.59. The van der Waals surface area contributed by atoms with Crippen molar-refractivity contribution in [2.24, 2.45) is 4.99 Å². The van der Waals surface area contributed by atoms with Crippen LogP contribution >= 0.6 is 0 Å². The van der Waals surface area contributed by atoms with Crippen LogP contribution < -0.4 is 15.4 Å². The van der Waals surface area contributed by atoms with Gasteiger partial charge in [-0.25, -0.2) is 9.98 Å². The third kappa shape index (κ3) is 7.28. The molecule has 2 N–H and O–H groups in total. The van der Waals surface area contributed by atoms with Crippen LogP contribution in [0.15, 0.2) is 23.3 Å². The highest BCUT2D eigenvalue weighted by Gasteiger charge is 2.17. The van der Waals surface area contributed by atoms with E-state index in [9.17, 15) is 0 Å². The summed E-state index contributed by atoms with van der Waals surface area (Å²) < 4.78 is 11.4. The maximum atomic E-state index is 6.00. The van der Waals surface area contributed by atoms with Gasteiger partial charge in [-0.15, -0.1) is 0 Å². The zero-order chi connectivity index (χ0) is 19.4. The highest BCUT2D eigenvalue weighted by atomic mass is 16.5. The first-order valence-electron chi connectivity index (χ1n) is 10.8. The molecule has 2 aliphatic rings. The molecule has 0 aromatic carbocycles. The topological polar surface area (TPSA) is 71.0 Å². The van der Waals surface area contributed by atoms with Crippen molar-refractivity contribution in [3.05, 3.63) is 23.9 Å². The second kappa shape index (κ2) is 11.9. The molecule has 156 valence electrons. The largest absolute Gasteiger partial charge is 0.474 e. The molecule has 1 saturated heterocycles. The summed E-state index contributed by atoms with van der Waals surface area (Å²) in [7, 11) is 0. The number of hydrogen-bond donors (Lipinski definition) is 2. The van der Waals surface area contributed by atoms with Crippen molar-refractivity contribution in [1.82, 2.24) is 20.5 Å². The number of nitrogens with zero attached hydrogens (tertiary/aromatic N) is 3. The highest BCUT2D eigenvalue weighted by Crippen LogP contribution is 2.23. The summed E-state index contributed by atoms with van der Waals surface area (Å²) in [6.45, 7) is 9.36. The van der Waals surface area contributed by atoms with Crippen molar-refractivity contribution in [3.8, 4) is 5.88 Å². The van der Waals surface area contributed by atoms with E-state index in [2.05, 4.69) is 27.4 Å². The summed E-state index contributed by atoms with van der Waals surface area (Å²) >= 11 is 0. The number of ether oxygens (including phenoxy) is 2. The van der Waals surface area contributed by atoms with Gasteiger partial charge < -0.3 is 20.1 Å². The first-order chi connectivity index (χ1) is 13.8. The lowest BCUT2D eigenvalue weighted by Gasteiger charge is -2.26. The average Bonchev–Trinajstić information content (AvgIpc) is 3.23. The molecule has 1 aliphatic carbocycles. The monoisotopic (exact) mass is 389 g/mol. The molecule has 1 aliphatic heterocycles. The lowest BCUT2D eigenvalue weighted by atomic mass is 10.2. The molecule has 3 rings (SSSR count). The molecule has 0 radical (unpaired) electrons. The van der Waals surface area contributed by atoms with E-state index in [-0.39, 0.29) is 0 Å². The van der Waals surface area contributed by atoms with E-state index in [0.717, 1.165) is 82.6 Å². The predicted octanol–water partition coefficient (Wildman–Crippen LogP) is 2.18. The Balaban J connectivity index is 1.43. The Morgan fingerprint density at radius 1 is 1.29 bits per heavy atom. The third-order valence-corrected chi connectivity index (χ3v) is 5.20. The normalized spacial score (nSPS) is 19.0. The summed E-state index contributed by atoms with van der Waals surface area (Å²) in [6, 6.07) is 4.02. The Labute approximate surface area is 168 Å². The number of morpholine rings is 1. The predicted molar refractivity (Wildman–Crippen MR) is 112 cm³/mol. The Hall–Kier alpha value is -1.86. The molecular formula is C21H35N5O2. The molecule has 0 bridgehead atoms. The van der Waals surface area contributed by atoms with Crippen molar-refractivity contribution in [2.75, 3.05) is 45.9 Å². The van der Waals surface area contributed by atoms with Crippen LogP contribution in [0.3, 0.4) is 0 Å². The van der Waals surface area contributed by atoms with Gasteiger partial charge in [0.25, 0.3) is 0 Å². The average molecular weight is 390 g/mol. The Kier molecular flexibility index (Phi) is 8.84. The molecular weight excluding hydrogens is 354 g/mol. The quantitative estimate of drug-likeness (QED) is 0.383. The number of hydrogen-bond acceptors (Lipinski definition) is 5. The maximum Gasteiger partial charge on any atom is 0.213 e. The van der Waals surface area contributed by atoms with Crippen LogP contribution in [0.1, 0.15) is 44.6 Å². The molecule has 1 aromatic rings. The molecule has 0 spiro atoms. The minimum absolute atomic E-state index is 0.330. The molecule has 7 nitrogen and oxygen atoms in total. The van der Waals surface area contributed by atoms with Crippen LogP contribution in [0.4, 0.5) is 0 Å². The van der Waals surface area contributed by atoms with Crippen LogP contribution in [0.2, 0.25) is 0 Å². The molecule has 0 atom stereocenters. The highest BCUT2D eigenvalue weighted by molar-refractivity contribution is 5.79. The molecule has 1 aromatic heterocycles. The number of pyridine rings is 1.